The summed E-state index contributed by atoms with van der Waals surface area (Å²) in [5.74, 6) is 0. The first-order valence-corrected chi connectivity index (χ1v) is 37.6. The molecule has 0 amide bonds. The Morgan fingerprint density at radius 1 is 0.255 bits per heavy atom. The lowest BCUT2D eigenvalue weighted by Gasteiger charge is -2.45. The molecular weight excluding hydrogens is 1330 g/mol. The summed E-state index contributed by atoms with van der Waals surface area (Å²) in [6.07, 6.45) is 0. The van der Waals surface area contributed by atoms with Gasteiger partial charge >= 0.3 is 0 Å². The molecule has 0 bridgehead atoms. The average Bonchev–Trinajstić information content (AvgIpc) is 1.17. The van der Waals surface area contributed by atoms with E-state index in [4.69, 9.17) is 0 Å². The molecule has 21 rings (SSSR count). The maximum atomic E-state index is 10.2. The molecule has 0 fully saturated rings. The minimum atomic E-state index is -0.660. The number of hydrogen-bond donors (Lipinski definition) is 0. The molecule has 5 nitrogen and oxygen atoms in total. The van der Waals surface area contributed by atoms with Gasteiger partial charge in [0, 0.05) is 83.3 Å². The quantitative estimate of drug-likeness (QED) is 0.127. The molecule has 2 aliphatic heterocycles. The Morgan fingerprint density at radius 2 is 0.673 bits per heavy atom. The Balaban J connectivity index is 0.961. The van der Waals surface area contributed by atoms with Gasteiger partial charge in [-0.05, 0) is 192 Å². The van der Waals surface area contributed by atoms with Crippen molar-refractivity contribution in [2.45, 2.75) is 52.4 Å². The minimum Gasteiger partial charge on any atom is -0.311 e. The number of fused-ring (bicyclic) bond motifs is 13. The monoisotopic (exact) mass is 1420 g/mol. The van der Waals surface area contributed by atoms with Crippen LogP contribution in [0, 0.1) is 0 Å². The second kappa shape index (κ2) is 25.1. The van der Waals surface area contributed by atoms with Crippen LogP contribution >= 0.6 is 0 Å². The first-order chi connectivity index (χ1) is 58.8. The van der Waals surface area contributed by atoms with E-state index in [2.05, 4.69) is 262 Å². The van der Waals surface area contributed by atoms with Crippen LogP contribution in [-0.2, 0) is 10.8 Å². The summed E-state index contributed by atoms with van der Waals surface area (Å²) in [6.45, 7) is 12.7. The third-order valence-corrected chi connectivity index (χ3v) is 22.6. The number of hydrogen-bond acceptors (Lipinski definition) is 2. The van der Waals surface area contributed by atoms with Gasteiger partial charge in [0.1, 0.15) is 0 Å². The molecule has 19 aromatic rings. The number of benzene rings is 16. The van der Waals surface area contributed by atoms with E-state index in [0.717, 1.165) is 122 Å². The third-order valence-electron chi connectivity index (χ3n) is 22.6. The summed E-state index contributed by atoms with van der Waals surface area (Å²) >= 11 is 0. The van der Waals surface area contributed by atoms with Gasteiger partial charge in [0.15, 0.2) is 0 Å². The second-order valence-electron chi connectivity index (χ2n) is 31.2. The lowest BCUT2D eigenvalue weighted by atomic mass is 9.33. The van der Waals surface area contributed by atoms with Crippen molar-refractivity contribution in [1.82, 2.24) is 13.7 Å². The van der Waals surface area contributed by atoms with Crippen LogP contribution in [0.15, 0.2) is 364 Å². The Hall–Kier alpha value is -13.4. The van der Waals surface area contributed by atoms with Crippen molar-refractivity contribution in [3.8, 4) is 72.7 Å². The van der Waals surface area contributed by atoms with Crippen LogP contribution in [0.1, 0.15) is 69.1 Å². The van der Waals surface area contributed by atoms with E-state index in [1.54, 1.807) is 4.57 Å². The van der Waals surface area contributed by atoms with Gasteiger partial charge in [-0.15, -0.1) is 0 Å². The maximum Gasteiger partial charge on any atom is 0.252 e. The van der Waals surface area contributed by atoms with Crippen LogP contribution in [0.3, 0.4) is 0 Å². The van der Waals surface area contributed by atoms with Crippen LogP contribution in [0.5, 0.6) is 0 Å². The first-order valence-electron chi connectivity index (χ1n) is 43.6. The van der Waals surface area contributed by atoms with Crippen LogP contribution < -0.4 is 26.2 Å². The van der Waals surface area contributed by atoms with Crippen molar-refractivity contribution >= 4 is 123 Å². The van der Waals surface area contributed by atoms with Crippen LogP contribution in [0.25, 0.3) is 138 Å². The molecular formula is C104H78BN5. The van der Waals surface area contributed by atoms with Crippen molar-refractivity contribution in [3.63, 3.8) is 0 Å². The summed E-state index contributed by atoms with van der Waals surface area (Å²) in [4.78, 5) is 4.67. The van der Waals surface area contributed by atoms with Crippen LogP contribution in [-0.4, -0.2) is 20.4 Å². The molecule has 0 atom stereocenters. The maximum absolute atomic E-state index is 10.2. The molecule has 0 aliphatic carbocycles. The van der Waals surface area contributed by atoms with Gasteiger partial charge in [0.2, 0.25) is 0 Å². The molecule has 3 aromatic heterocycles. The van der Waals surface area contributed by atoms with E-state index < -0.39 is 55.1 Å². The van der Waals surface area contributed by atoms with Gasteiger partial charge in [0.05, 0.1) is 60.9 Å². The number of nitrogens with zero attached hydrogens (tertiary/aromatic N) is 5. The van der Waals surface area contributed by atoms with Gasteiger partial charge in [0.25, 0.3) is 6.71 Å². The summed E-state index contributed by atoms with van der Waals surface area (Å²) < 4.78 is 123. The van der Waals surface area contributed by atoms with Crippen LogP contribution in [0.4, 0.5) is 34.1 Å². The molecule has 0 unspecified atom stereocenters. The third kappa shape index (κ3) is 10.4. The summed E-state index contributed by atoms with van der Waals surface area (Å²) in [6, 6.07) is 96.2. The highest BCUT2D eigenvalue weighted by Gasteiger charge is 2.46. The highest BCUT2D eigenvalue weighted by Crippen LogP contribution is 2.54. The molecule has 0 radical (unpaired) electrons. The van der Waals surface area contributed by atoms with E-state index in [9.17, 15) is 16.4 Å². The van der Waals surface area contributed by atoms with Gasteiger partial charge in [-0.2, -0.15) is 0 Å². The van der Waals surface area contributed by atoms with E-state index in [1.165, 1.54) is 0 Å². The zero-order chi connectivity index (χ0) is 84.1. The molecule has 0 saturated heterocycles. The molecule has 522 valence electrons. The molecule has 16 aromatic carbocycles. The van der Waals surface area contributed by atoms with Crippen molar-refractivity contribution in [1.29, 1.82) is 0 Å². The minimum absolute atomic E-state index is 0.0466. The highest BCUT2D eigenvalue weighted by atomic mass is 15.2. The van der Waals surface area contributed by atoms with E-state index in [1.807, 2.05) is 89.5 Å². The van der Waals surface area contributed by atoms with Crippen molar-refractivity contribution in [2.75, 3.05) is 9.80 Å². The Morgan fingerprint density at radius 3 is 1.23 bits per heavy atom. The average molecular weight is 1420 g/mol. The summed E-state index contributed by atoms with van der Waals surface area (Å²) in [7, 11) is 0. The lowest BCUT2D eigenvalue weighted by Crippen LogP contribution is -2.61. The van der Waals surface area contributed by atoms with Crippen molar-refractivity contribution < 1.29 is 16.4 Å². The smallest absolute Gasteiger partial charge is 0.252 e. The number of para-hydroxylation sites is 5. The lowest BCUT2D eigenvalue weighted by molar-refractivity contribution is 0.590. The predicted octanol–water partition coefficient (Wildman–Crippen LogP) is 26.0. The highest BCUT2D eigenvalue weighted by molar-refractivity contribution is 7.00. The van der Waals surface area contributed by atoms with Crippen LogP contribution in [0.2, 0.25) is 0 Å². The fourth-order valence-electron chi connectivity index (χ4n) is 17.4. The predicted molar refractivity (Wildman–Crippen MR) is 468 cm³/mol. The van der Waals surface area contributed by atoms with Crippen molar-refractivity contribution in [2.24, 2.45) is 0 Å². The molecule has 110 heavy (non-hydrogen) atoms. The Labute approximate surface area is 659 Å². The van der Waals surface area contributed by atoms with Crippen molar-refractivity contribution in [3.05, 3.63) is 375 Å². The normalized spacial score (nSPS) is 14.3. The standard InChI is InChI=1S/C104H78BN5/c1-103(2,3)75-39-29-38-71(57-75)72-50-53-89-97(60-72)110(102-86(69-34-15-9-16-35-69)61-76(104(4,5)6)62-87(102)70-36-17-10-18-37-70)100-66-80(108-93-47-26-21-42-83(93)84-43-22-27-48-94(84)108)65-99-101(100)105(89)90-54-51-78(64-98(90)109(99)79-58-73(67-30-11-7-12-31-67)56-74(59-79)68-32-13-8-14-33-68)107-95-49-28-23-44-85(95)88-63-77(52-55-96(88)107)106-91-45-24-19-40-81(91)82-41-20-25-46-92(82)106/h7-66H,1-6H3/i21D,22D,23D,26D,27D,28D,42D,43D,44D,47D,48D,49D. The molecule has 0 spiro atoms. The molecule has 0 N–H and O–H groups in total. The summed E-state index contributed by atoms with van der Waals surface area (Å²) in [5.41, 5.74) is 22.2. The molecule has 6 heteroatoms. The number of aromatic nitrogens is 3. The number of anilines is 6. The van der Waals surface area contributed by atoms with E-state index >= 15 is 0 Å². The summed E-state index contributed by atoms with van der Waals surface area (Å²) in [5, 5.41) is 2.95. The number of rotatable bonds is 10. The fourth-order valence-corrected chi connectivity index (χ4v) is 17.4. The molecule has 0 saturated carbocycles. The second-order valence-corrected chi connectivity index (χ2v) is 31.2. The topological polar surface area (TPSA) is 21.3 Å². The van der Waals surface area contributed by atoms with Gasteiger partial charge in [-0.1, -0.05) is 296 Å². The Kier molecular flexibility index (Phi) is 12.2. The first kappa shape index (κ1) is 53.4. The zero-order valence-electron chi connectivity index (χ0n) is 73.5. The van der Waals surface area contributed by atoms with E-state index in [0.29, 0.717) is 50.4 Å². The largest absolute Gasteiger partial charge is 0.311 e. The fraction of sp³-hybridized carbons (Fsp3) is 0.0769. The van der Waals surface area contributed by atoms with Gasteiger partial charge in [-0.25, -0.2) is 0 Å². The zero-order valence-corrected chi connectivity index (χ0v) is 61.5. The SMILES string of the molecule is [2H]c1c([2H])c([2H])c2c(c1[2H])c1cc(-n3c4ccccc4c4ccccc43)ccc1n2-c1ccc2c(c1)N(c1cc(-c3ccccc3)cc(-c3ccccc3)c1)c1cc(-n3c4c([2H])c([2H])c([2H])c([2H])c4c4c([2H])c([2H])c([2H])c([2H])c43)cc3c1B2c1ccc(-c2cccc(C(C)(C)C)c2)cc1N3c1c(-c2ccccc2)cc(C(C)(C)C)cc1-c1ccccc1. The van der Waals surface area contributed by atoms with Gasteiger partial charge < -0.3 is 23.5 Å². The van der Waals surface area contributed by atoms with Gasteiger partial charge in [-0.3, -0.25) is 0 Å². The van der Waals surface area contributed by atoms with E-state index in [-0.39, 0.29) is 62.3 Å². The Bertz CT molecular complexity index is 7450. The molecule has 2 aliphatic rings. The molecule has 5 heterocycles.